The van der Waals surface area contributed by atoms with Crippen molar-refractivity contribution in [3.8, 4) is 0 Å². The molecule has 2 aromatic carbocycles. The second kappa shape index (κ2) is 5.88. The summed E-state index contributed by atoms with van der Waals surface area (Å²) in [6.45, 7) is 1.03. The second-order valence-electron chi connectivity index (χ2n) is 5.13. The Morgan fingerprint density at radius 1 is 1.09 bits per heavy atom. The number of sulfonamides is 1. The second-order valence-corrected chi connectivity index (χ2v) is 6.99. The minimum atomic E-state index is -3.77. The molecule has 0 amide bonds. The van der Waals surface area contributed by atoms with Gasteiger partial charge in [-0.1, -0.05) is 12.1 Å². The lowest BCUT2D eigenvalue weighted by Gasteiger charge is -2.24. The van der Waals surface area contributed by atoms with Gasteiger partial charge in [0.05, 0.1) is 21.2 Å². The number of nitro groups is 1. The summed E-state index contributed by atoms with van der Waals surface area (Å²) in [5, 5.41) is 13.9. The lowest BCUT2D eigenvalue weighted by molar-refractivity contribution is -0.384. The van der Waals surface area contributed by atoms with Crippen molar-refractivity contribution in [2.24, 2.45) is 0 Å². The van der Waals surface area contributed by atoms with E-state index in [0.717, 1.165) is 5.69 Å². The molecule has 120 valence electrons. The van der Waals surface area contributed by atoms with E-state index in [4.69, 9.17) is 0 Å². The van der Waals surface area contributed by atoms with E-state index in [1.165, 1.54) is 28.6 Å². The van der Waals surface area contributed by atoms with Gasteiger partial charge >= 0.3 is 0 Å². The van der Waals surface area contributed by atoms with E-state index in [2.05, 4.69) is 5.32 Å². The van der Waals surface area contributed by atoms with Crippen LogP contribution in [0.25, 0.3) is 0 Å². The fourth-order valence-electron chi connectivity index (χ4n) is 2.52. The summed E-state index contributed by atoms with van der Waals surface area (Å²) in [6.07, 6.45) is 0.668. The maximum Gasteiger partial charge on any atom is 0.269 e. The molecule has 0 aliphatic carbocycles. The van der Waals surface area contributed by atoms with Gasteiger partial charge < -0.3 is 5.32 Å². The number of hydrogen-bond donors (Lipinski definition) is 1. The van der Waals surface area contributed by atoms with Crippen molar-refractivity contribution in [2.45, 2.75) is 11.3 Å². The van der Waals surface area contributed by atoms with Crippen molar-refractivity contribution in [1.82, 2.24) is 0 Å². The van der Waals surface area contributed by atoms with Crippen molar-refractivity contribution in [2.75, 3.05) is 22.7 Å². The monoisotopic (exact) mass is 333 g/mol. The molecule has 23 heavy (non-hydrogen) atoms. The average Bonchev–Trinajstić information content (AvgIpc) is 2.77. The molecule has 3 rings (SSSR count). The molecular weight excluding hydrogens is 318 g/mol. The molecule has 2 aromatic rings. The molecule has 0 atom stereocenters. The predicted octanol–water partition coefficient (Wildman–Crippen LogP) is 2.61. The number of para-hydroxylation sites is 2. The molecule has 0 bridgehead atoms. The van der Waals surface area contributed by atoms with Gasteiger partial charge in [-0.3, -0.25) is 14.4 Å². The number of non-ortho nitro benzene ring substituents is 1. The van der Waals surface area contributed by atoms with Crippen LogP contribution in [0.15, 0.2) is 53.4 Å². The third-order valence-corrected chi connectivity index (χ3v) is 5.49. The first-order chi connectivity index (χ1) is 11.0. The average molecular weight is 333 g/mol. The highest BCUT2D eigenvalue weighted by Crippen LogP contribution is 2.32. The van der Waals surface area contributed by atoms with E-state index in [9.17, 15) is 18.5 Å². The van der Waals surface area contributed by atoms with E-state index < -0.39 is 14.9 Å². The van der Waals surface area contributed by atoms with Crippen molar-refractivity contribution >= 4 is 27.1 Å². The maximum atomic E-state index is 12.9. The van der Waals surface area contributed by atoms with Gasteiger partial charge in [-0.25, -0.2) is 8.42 Å². The van der Waals surface area contributed by atoms with Crippen LogP contribution in [-0.2, 0) is 10.0 Å². The van der Waals surface area contributed by atoms with Crippen LogP contribution in [0.3, 0.4) is 0 Å². The van der Waals surface area contributed by atoms with E-state index in [0.29, 0.717) is 25.2 Å². The van der Waals surface area contributed by atoms with Crippen LogP contribution in [0, 0.1) is 10.1 Å². The molecule has 0 saturated carbocycles. The van der Waals surface area contributed by atoms with Crippen molar-refractivity contribution in [1.29, 1.82) is 0 Å². The topological polar surface area (TPSA) is 92.5 Å². The minimum Gasteiger partial charge on any atom is -0.383 e. The number of fused-ring (bicyclic) bond motifs is 1. The lowest BCUT2D eigenvalue weighted by atomic mass is 10.2. The summed E-state index contributed by atoms with van der Waals surface area (Å²) in [5.41, 5.74) is 1.21. The fourth-order valence-corrected chi connectivity index (χ4v) is 4.05. The van der Waals surface area contributed by atoms with E-state index in [-0.39, 0.29) is 10.6 Å². The number of nitro benzene ring substituents is 1. The first-order valence-electron chi connectivity index (χ1n) is 7.10. The summed E-state index contributed by atoms with van der Waals surface area (Å²) in [6, 6.07) is 12.2. The number of nitrogens with zero attached hydrogens (tertiary/aromatic N) is 2. The molecular formula is C15H15N3O4S. The van der Waals surface area contributed by atoms with Crippen LogP contribution in [0.4, 0.5) is 17.1 Å². The van der Waals surface area contributed by atoms with Gasteiger partial charge in [-0.05, 0) is 30.7 Å². The highest BCUT2D eigenvalue weighted by Gasteiger charge is 2.28. The highest BCUT2D eigenvalue weighted by atomic mass is 32.2. The Kier molecular flexibility index (Phi) is 3.91. The summed E-state index contributed by atoms with van der Waals surface area (Å²) in [4.78, 5) is 10.2. The van der Waals surface area contributed by atoms with Crippen LogP contribution in [0.5, 0.6) is 0 Å². The zero-order valence-electron chi connectivity index (χ0n) is 12.2. The van der Waals surface area contributed by atoms with E-state index >= 15 is 0 Å². The van der Waals surface area contributed by atoms with Crippen molar-refractivity contribution in [3.05, 3.63) is 58.6 Å². The van der Waals surface area contributed by atoms with E-state index in [1.54, 1.807) is 12.1 Å². The number of benzene rings is 2. The molecule has 1 aliphatic rings. The van der Waals surface area contributed by atoms with Gasteiger partial charge in [-0.2, -0.15) is 0 Å². The molecule has 1 N–H and O–H groups in total. The lowest BCUT2D eigenvalue weighted by Crippen LogP contribution is -2.31. The van der Waals surface area contributed by atoms with Gasteiger partial charge in [0.15, 0.2) is 0 Å². The molecule has 0 radical (unpaired) electrons. The van der Waals surface area contributed by atoms with Crippen LogP contribution in [0.1, 0.15) is 6.42 Å². The normalized spacial score (nSPS) is 14.5. The molecule has 0 saturated heterocycles. The molecule has 1 heterocycles. The molecule has 8 heteroatoms. The Balaban J connectivity index is 2.04. The van der Waals surface area contributed by atoms with Crippen molar-refractivity contribution in [3.63, 3.8) is 0 Å². The summed E-state index contributed by atoms with van der Waals surface area (Å²) >= 11 is 0. The summed E-state index contributed by atoms with van der Waals surface area (Å²) < 4.78 is 27.2. The maximum absolute atomic E-state index is 12.9. The Hall–Kier alpha value is -2.61. The Morgan fingerprint density at radius 3 is 2.48 bits per heavy atom. The van der Waals surface area contributed by atoms with Crippen LogP contribution in [-0.4, -0.2) is 26.4 Å². The third-order valence-electron chi connectivity index (χ3n) is 3.66. The number of anilines is 2. The summed E-state index contributed by atoms with van der Waals surface area (Å²) in [7, 11) is -3.77. The highest BCUT2D eigenvalue weighted by molar-refractivity contribution is 7.92. The minimum absolute atomic E-state index is 0.0415. The van der Waals surface area contributed by atoms with E-state index in [1.807, 2.05) is 12.1 Å². The molecule has 1 aliphatic heterocycles. The Labute approximate surface area is 133 Å². The van der Waals surface area contributed by atoms with Gasteiger partial charge in [0.2, 0.25) is 0 Å². The summed E-state index contributed by atoms with van der Waals surface area (Å²) in [5.74, 6) is 0. The number of nitrogens with one attached hydrogen (secondary N) is 1. The zero-order chi connectivity index (χ0) is 16.4. The first-order valence-corrected chi connectivity index (χ1v) is 8.54. The Morgan fingerprint density at radius 2 is 1.78 bits per heavy atom. The van der Waals surface area contributed by atoms with Gasteiger partial charge in [-0.15, -0.1) is 0 Å². The molecule has 0 unspecified atom stereocenters. The molecule has 0 fully saturated rings. The number of hydrogen-bond acceptors (Lipinski definition) is 5. The van der Waals surface area contributed by atoms with Crippen LogP contribution >= 0.6 is 0 Å². The van der Waals surface area contributed by atoms with Crippen molar-refractivity contribution < 1.29 is 13.3 Å². The zero-order valence-corrected chi connectivity index (χ0v) is 13.0. The Bertz CT molecular complexity index is 834. The smallest absolute Gasteiger partial charge is 0.269 e. The number of rotatable bonds is 3. The first kappa shape index (κ1) is 15.3. The fraction of sp³-hybridized carbons (Fsp3) is 0.200. The van der Waals surface area contributed by atoms with Gasteiger partial charge in [0.25, 0.3) is 15.7 Å². The molecule has 7 nitrogen and oxygen atoms in total. The molecule has 0 spiro atoms. The predicted molar refractivity (Wildman–Crippen MR) is 87.2 cm³/mol. The van der Waals surface area contributed by atoms with Crippen LogP contribution in [0.2, 0.25) is 0 Å². The third kappa shape index (κ3) is 2.85. The van der Waals surface area contributed by atoms with Gasteiger partial charge in [0.1, 0.15) is 0 Å². The van der Waals surface area contributed by atoms with Gasteiger partial charge in [0, 0.05) is 25.2 Å². The molecule has 0 aromatic heterocycles. The largest absolute Gasteiger partial charge is 0.383 e. The SMILES string of the molecule is O=[N+]([O-])c1ccc(S(=O)(=O)N2CCCNc3ccccc32)cc1. The standard InChI is InChI=1S/C15H15N3O4S/c19-18(20)12-6-8-13(9-7-12)23(21,22)17-11-3-10-16-14-4-1-2-5-15(14)17/h1-2,4-9,16H,3,10-11H2. The van der Waals surface area contributed by atoms with Crippen LogP contribution < -0.4 is 9.62 Å². The quantitative estimate of drug-likeness (QED) is 0.688.